The minimum Gasteiger partial charge on any atom is -0.486 e. The number of aromatic nitrogens is 2. The maximum absolute atomic E-state index is 6.07. The molecule has 4 heteroatoms. The van der Waals surface area contributed by atoms with Gasteiger partial charge in [-0.1, -0.05) is 25.1 Å². The second kappa shape index (κ2) is 5.19. The van der Waals surface area contributed by atoms with Gasteiger partial charge in [0.05, 0.1) is 11.7 Å². The molecule has 0 aliphatic carbocycles. The summed E-state index contributed by atoms with van der Waals surface area (Å²) in [4.78, 5) is 0. The average molecular weight is 285 g/mol. The van der Waals surface area contributed by atoms with Crippen LogP contribution < -0.4 is 10.1 Å². The molecule has 0 fully saturated rings. The fourth-order valence-corrected chi connectivity index (χ4v) is 3.13. The van der Waals surface area contributed by atoms with E-state index in [0.717, 1.165) is 24.4 Å². The zero-order chi connectivity index (χ0) is 15.0. The van der Waals surface area contributed by atoms with Crippen molar-refractivity contribution in [2.24, 2.45) is 7.05 Å². The summed E-state index contributed by atoms with van der Waals surface area (Å²) in [6.07, 6.45) is 3.06. The van der Waals surface area contributed by atoms with Crippen LogP contribution in [-0.4, -0.2) is 15.4 Å². The summed E-state index contributed by atoms with van der Waals surface area (Å²) in [5, 5.41) is 8.15. The van der Waals surface area contributed by atoms with E-state index in [1.54, 1.807) is 0 Å². The van der Waals surface area contributed by atoms with Gasteiger partial charge in [-0.3, -0.25) is 4.68 Å². The van der Waals surface area contributed by atoms with E-state index in [-0.39, 0.29) is 11.6 Å². The molecule has 112 valence electrons. The predicted octanol–water partition coefficient (Wildman–Crippen LogP) is 2.98. The number of para-hydroxylation sites is 1. The highest BCUT2D eigenvalue weighted by Gasteiger charge is 2.40. The molecule has 4 nitrogen and oxygen atoms in total. The predicted molar refractivity (Wildman–Crippen MR) is 83.3 cm³/mol. The molecule has 1 aliphatic rings. The van der Waals surface area contributed by atoms with Crippen LogP contribution in [0.1, 0.15) is 43.6 Å². The van der Waals surface area contributed by atoms with Crippen molar-refractivity contribution in [3.63, 3.8) is 0 Å². The molecule has 0 radical (unpaired) electrons. The van der Waals surface area contributed by atoms with Gasteiger partial charge in [0.25, 0.3) is 0 Å². The summed E-state index contributed by atoms with van der Waals surface area (Å²) in [7, 11) is 1.97. The molecule has 2 heterocycles. The van der Waals surface area contributed by atoms with Gasteiger partial charge in [-0.15, -0.1) is 0 Å². The summed E-state index contributed by atoms with van der Waals surface area (Å²) in [6.45, 7) is 7.22. The van der Waals surface area contributed by atoms with Crippen molar-refractivity contribution in [3.8, 4) is 5.75 Å². The maximum Gasteiger partial charge on any atom is 0.125 e. The molecule has 1 aliphatic heterocycles. The SMILES string of the molecule is CCc1nn(C)cc1CNC1c2ccccc2OC1(C)C. The Labute approximate surface area is 126 Å². The molecule has 1 atom stereocenters. The highest BCUT2D eigenvalue weighted by molar-refractivity contribution is 5.42. The van der Waals surface area contributed by atoms with Crippen LogP contribution in [0.4, 0.5) is 0 Å². The minimum absolute atomic E-state index is 0.193. The molecule has 0 saturated heterocycles. The van der Waals surface area contributed by atoms with Crippen molar-refractivity contribution < 1.29 is 4.74 Å². The number of fused-ring (bicyclic) bond motifs is 1. The van der Waals surface area contributed by atoms with Gasteiger partial charge in [-0.2, -0.15) is 5.10 Å². The molecule has 0 bridgehead atoms. The Bertz CT molecular complexity index is 645. The first-order valence-corrected chi connectivity index (χ1v) is 7.54. The van der Waals surface area contributed by atoms with Crippen molar-refractivity contribution >= 4 is 0 Å². The van der Waals surface area contributed by atoms with E-state index < -0.39 is 0 Å². The fourth-order valence-electron chi connectivity index (χ4n) is 3.13. The minimum atomic E-state index is -0.238. The van der Waals surface area contributed by atoms with Gasteiger partial charge in [-0.25, -0.2) is 0 Å². The summed E-state index contributed by atoms with van der Waals surface area (Å²) in [5.74, 6) is 0.988. The van der Waals surface area contributed by atoms with Crippen LogP contribution in [0.2, 0.25) is 0 Å². The van der Waals surface area contributed by atoms with Crippen molar-refractivity contribution in [1.29, 1.82) is 0 Å². The lowest BCUT2D eigenvalue weighted by Crippen LogP contribution is -2.38. The fraction of sp³-hybridized carbons (Fsp3) is 0.471. The average Bonchev–Trinajstić information content (AvgIpc) is 2.92. The van der Waals surface area contributed by atoms with Gasteiger partial charge in [0.2, 0.25) is 0 Å². The highest BCUT2D eigenvalue weighted by atomic mass is 16.5. The van der Waals surface area contributed by atoms with Gasteiger partial charge >= 0.3 is 0 Å². The topological polar surface area (TPSA) is 39.1 Å². The number of hydrogen-bond donors (Lipinski definition) is 1. The van der Waals surface area contributed by atoms with Crippen LogP contribution in [0.25, 0.3) is 0 Å². The summed E-state index contributed by atoms with van der Waals surface area (Å²) >= 11 is 0. The van der Waals surface area contributed by atoms with Crippen molar-refractivity contribution in [2.45, 2.75) is 45.4 Å². The first-order chi connectivity index (χ1) is 10.0. The molecule has 0 amide bonds. The number of nitrogens with zero attached hydrogens (tertiary/aromatic N) is 2. The van der Waals surface area contributed by atoms with E-state index in [1.807, 2.05) is 23.9 Å². The number of hydrogen-bond acceptors (Lipinski definition) is 3. The van der Waals surface area contributed by atoms with Crippen LogP contribution in [0.5, 0.6) is 5.75 Å². The van der Waals surface area contributed by atoms with Crippen molar-refractivity contribution in [2.75, 3.05) is 0 Å². The molecule has 3 rings (SSSR count). The number of benzene rings is 1. The number of ether oxygens (including phenoxy) is 1. The third kappa shape index (κ3) is 2.56. The summed E-state index contributed by atoms with van der Waals surface area (Å²) in [6, 6.07) is 8.47. The number of nitrogens with one attached hydrogen (secondary N) is 1. The van der Waals surface area contributed by atoms with Gasteiger partial charge < -0.3 is 10.1 Å². The van der Waals surface area contributed by atoms with Crippen LogP contribution in [-0.2, 0) is 20.0 Å². The molecular weight excluding hydrogens is 262 g/mol. The molecule has 0 saturated carbocycles. The molecule has 2 aromatic rings. The van der Waals surface area contributed by atoms with Crippen LogP contribution >= 0.6 is 0 Å². The standard InChI is InChI=1S/C17H23N3O/c1-5-14-12(11-20(4)19-14)10-18-16-13-8-6-7-9-15(13)21-17(16,2)3/h6-9,11,16,18H,5,10H2,1-4H3. The third-order valence-electron chi connectivity index (χ3n) is 4.12. The van der Waals surface area contributed by atoms with Crippen LogP contribution in [0.3, 0.4) is 0 Å². The number of aryl methyl sites for hydroxylation is 2. The third-order valence-corrected chi connectivity index (χ3v) is 4.12. The Morgan fingerprint density at radius 3 is 2.86 bits per heavy atom. The maximum atomic E-state index is 6.07. The smallest absolute Gasteiger partial charge is 0.125 e. The van der Waals surface area contributed by atoms with Crippen molar-refractivity contribution in [1.82, 2.24) is 15.1 Å². The molecule has 21 heavy (non-hydrogen) atoms. The quantitative estimate of drug-likeness (QED) is 0.938. The summed E-state index contributed by atoms with van der Waals surface area (Å²) < 4.78 is 7.96. The zero-order valence-electron chi connectivity index (χ0n) is 13.2. The lowest BCUT2D eigenvalue weighted by atomic mass is 9.94. The largest absolute Gasteiger partial charge is 0.486 e. The monoisotopic (exact) mass is 285 g/mol. The van der Waals surface area contributed by atoms with Crippen LogP contribution in [0, 0.1) is 0 Å². The summed E-state index contributed by atoms with van der Waals surface area (Å²) in [5.41, 5.74) is 3.43. The molecule has 1 unspecified atom stereocenters. The van der Waals surface area contributed by atoms with E-state index >= 15 is 0 Å². The van der Waals surface area contributed by atoms with E-state index in [9.17, 15) is 0 Å². The van der Waals surface area contributed by atoms with Gasteiger partial charge in [0.1, 0.15) is 11.4 Å². The number of rotatable bonds is 4. The van der Waals surface area contributed by atoms with Crippen molar-refractivity contribution in [3.05, 3.63) is 47.3 Å². The van der Waals surface area contributed by atoms with E-state index in [2.05, 4.69) is 49.5 Å². The molecule has 1 N–H and O–H groups in total. The van der Waals surface area contributed by atoms with Gasteiger partial charge in [-0.05, 0) is 26.3 Å². The second-order valence-corrected chi connectivity index (χ2v) is 6.19. The molecule has 0 spiro atoms. The van der Waals surface area contributed by atoms with Gasteiger partial charge in [0, 0.05) is 30.9 Å². The zero-order valence-corrected chi connectivity index (χ0v) is 13.2. The molecular formula is C17H23N3O. The van der Waals surface area contributed by atoms with Crippen LogP contribution in [0.15, 0.2) is 30.5 Å². The lowest BCUT2D eigenvalue weighted by molar-refractivity contribution is 0.0958. The van der Waals surface area contributed by atoms with E-state index in [1.165, 1.54) is 11.1 Å². The van der Waals surface area contributed by atoms with Gasteiger partial charge in [0.15, 0.2) is 0 Å². The molecule has 1 aromatic heterocycles. The Hall–Kier alpha value is -1.81. The highest BCUT2D eigenvalue weighted by Crippen LogP contribution is 2.42. The Balaban J connectivity index is 1.81. The second-order valence-electron chi connectivity index (χ2n) is 6.19. The first kappa shape index (κ1) is 14.1. The molecule has 1 aromatic carbocycles. The normalized spacial score (nSPS) is 19.3. The first-order valence-electron chi connectivity index (χ1n) is 7.54. The van der Waals surface area contributed by atoms with E-state index in [0.29, 0.717) is 0 Å². The van der Waals surface area contributed by atoms with E-state index in [4.69, 9.17) is 4.74 Å². The Morgan fingerprint density at radius 2 is 2.10 bits per heavy atom. The lowest BCUT2D eigenvalue weighted by Gasteiger charge is -2.27. The Morgan fingerprint density at radius 1 is 1.33 bits per heavy atom. The Kier molecular flexibility index (Phi) is 3.49.